The van der Waals surface area contributed by atoms with E-state index in [1.165, 1.54) is 0 Å². The normalized spacial score (nSPS) is 11.6. The van der Waals surface area contributed by atoms with Crippen LogP contribution in [0.2, 0.25) is 0 Å². The monoisotopic (exact) mass is 217 g/mol. The Hall–Kier alpha value is -1.40. The summed E-state index contributed by atoms with van der Waals surface area (Å²) in [5.74, 6) is 6.00. The molecule has 86 valence electrons. The van der Waals surface area contributed by atoms with Crippen molar-refractivity contribution in [1.29, 1.82) is 0 Å². The molecule has 0 spiro atoms. The van der Waals surface area contributed by atoms with Crippen LogP contribution in [0.25, 0.3) is 0 Å². The van der Waals surface area contributed by atoms with E-state index in [9.17, 15) is 0 Å². The van der Waals surface area contributed by atoms with Crippen LogP contribution in [0, 0.1) is 11.8 Å². The Labute approximate surface area is 97.7 Å². The maximum atomic E-state index is 4.34. The summed E-state index contributed by atoms with van der Waals surface area (Å²) in [5, 5.41) is 3.47. The van der Waals surface area contributed by atoms with Crippen molar-refractivity contribution in [2.45, 2.75) is 39.2 Å². The second kappa shape index (κ2) is 7.84. The summed E-state index contributed by atoms with van der Waals surface area (Å²) >= 11 is 0. The predicted molar refractivity (Wildman–Crippen MR) is 65.8 cm³/mol. The van der Waals surface area contributed by atoms with Crippen molar-refractivity contribution in [3.63, 3.8) is 0 Å². The van der Waals surface area contributed by atoms with Gasteiger partial charge in [-0.3, -0.25) is 9.97 Å². The van der Waals surface area contributed by atoms with Crippen LogP contribution in [0.4, 0.5) is 0 Å². The fourth-order valence-corrected chi connectivity index (χ4v) is 1.51. The van der Waals surface area contributed by atoms with E-state index in [0.717, 1.165) is 31.5 Å². The van der Waals surface area contributed by atoms with Crippen LogP contribution >= 0.6 is 0 Å². The van der Waals surface area contributed by atoms with Crippen molar-refractivity contribution in [3.8, 4) is 11.8 Å². The third kappa shape index (κ3) is 4.41. The van der Waals surface area contributed by atoms with Crippen LogP contribution in [0.5, 0.6) is 0 Å². The van der Waals surface area contributed by atoms with Gasteiger partial charge < -0.3 is 5.32 Å². The highest BCUT2D eigenvalue weighted by atomic mass is 14.9. The predicted octanol–water partition coefficient (Wildman–Crippen LogP) is 2.32. The number of hydrogen-bond donors (Lipinski definition) is 1. The lowest BCUT2D eigenvalue weighted by Gasteiger charge is -2.16. The molecule has 3 nitrogen and oxygen atoms in total. The zero-order valence-electron chi connectivity index (χ0n) is 10.0. The third-order valence-corrected chi connectivity index (χ3v) is 2.32. The van der Waals surface area contributed by atoms with Gasteiger partial charge in [0, 0.05) is 25.0 Å². The molecule has 1 rings (SSSR count). The van der Waals surface area contributed by atoms with Gasteiger partial charge in [0.1, 0.15) is 0 Å². The summed E-state index contributed by atoms with van der Waals surface area (Å²) in [5.41, 5.74) is 1.01. The Balaban J connectivity index is 2.58. The second-order valence-electron chi connectivity index (χ2n) is 3.60. The molecule has 0 fully saturated rings. The molecule has 1 atom stereocenters. The van der Waals surface area contributed by atoms with Gasteiger partial charge in [0.25, 0.3) is 0 Å². The lowest BCUT2D eigenvalue weighted by Crippen LogP contribution is -2.23. The lowest BCUT2D eigenvalue weighted by molar-refractivity contribution is 0.493. The fourth-order valence-electron chi connectivity index (χ4n) is 1.51. The molecule has 0 saturated heterocycles. The number of nitrogens with one attached hydrogen (secondary N) is 1. The molecule has 1 aromatic rings. The van der Waals surface area contributed by atoms with Gasteiger partial charge in [-0.25, -0.2) is 0 Å². The quantitative estimate of drug-likeness (QED) is 0.743. The van der Waals surface area contributed by atoms with Crippen LogP contribution in [0.3, 0.4) is 0 Å². The largest absolute Gasteiger partial charge is 0.309 e. The molecule has 0 radical (unpaired) electrons. The van der Waals surface area contributed by atoms with E-state index < -0.39 is 0 Å². The number of rotatable bonds is 6. The molecular weight excluding hydrogens is 198 g/mol. The summed E-state index contributed by atoms with van der Waals surface area (Å²) in [7, 11) is 0. The van der Waals surface area contributed by atoms with Crippen molar-refractivity contribution >= 4 is 0 Å². The van der Waals surface area contributed by atoms with E-state index >= 15 is 0 Å². The molecule has 0 amide bonds. The van der Waals surface area contributed by atoms with E-state index in [1.54, 1.807) is 12.4 Å². The van der Waals surface area contributed by atoms with Crippen LogP contribution in [0.1, 0.15) is 44.8 Å². The summed E-state index contributed by atoms with van der Waals surface area (Å²) in [6, 6.07) is 0.273. The average molecular weight is 217 g/mol. The number of nitrogens with zero attached hydrogens (tertiary/aromatic N) is 2. The fraction of sp³-hybridized carbons (Fsp3) is 0.538. The first-order chi connectivity index (χ1) is 7.88. The second-order valence-corrected chi connectivity index (χ2v) is 3.60. The molecule has 0 aromatic carbocycles. The zero-order valence-corrected chi connectivity index (χ0v) is 10.0. The van der Waals surface area contributed by atoms with Gasteiger partial charge in [0.05, 0.1) is 11.7 Å². The first-order valence-electron chi connectivity index (χ1n) is 5.77. The molecule has 3 heteroatoms. The van der Waals surface area contributed by atoms with E-state index in [2.05, 4.69) is 34.0 Å². The standard InChI is InChI=1S/C13H19N3/c1-3-5-6-7-12(15-8-4-2)13-11-14-9-10-16-13/h9-12,15H,4,6-8H2,1-2H3. The van der Waals surface area contributed by atoms with E-state index in [1.807, 2.05) is 13.1 Å². The molecule has 0 bridgehead atoms. The molecule has 0 aliphatic carbocycles. The number of hydrogen-bond acceptors (Lipinski definition) is 3. The first kappa shape index (κ1) is 12.7. The molecule has 0 aliphatic rings. The van der Waals surface area contributed by atoms with Crippen molar-refractivity contribution in [2.75, 3.05) is 6.54 Å². The number of aromatic nitrogens is 2. The van der Waals surface area contributed by atoms with Gasteiger partial charge >= 0.3 is 0 Å². The van der Waals surface area contributed by atoms with Gasteiger partial charge in [0.2, 0.25) is 0 Å². The lowest BCUT2D eigenvalue weighted by atomic mass is 10.1. The van der Waals surface area contributed by atoms with E-state index in [-0.39, 0.29) is 6.04 Å². The molecule has 16 heavy (non-hydrogen) atoms. The smallest absolute Gasteiger partial charge is 0.0756 e. The van der Waals surface area contributed by atoms with E-state index in [0.29, 0.717) is 0 Å². The Bertz CT molecular complexity index is 337. The van der Waals surface area contributed by atoms with Crippen molar-refractivity contribution in [2.24, 2.45) is 0 Å². The van der Waals surface area contributed by atoms with Crippen LogP contribution in [0.15, 0.2) is 18.6 Å². The topological polar surface area (TPSA) is 37.8 Å². The first-order valence-corrected chi connectivity index (χ1v) is 5.77. The van der Waals surface area contributed by atoms with E-state index in [4.69, 9.17) is 0 Å². The molecule has 1 heterocycles. The van der Waals surface area contributed by atoms with Gasteiger partial charge in [-0.05, 0) is 26.3 Å². The Morgan fingerprint density at radius 2 is 2.31 bits per heavy atom. The SMILES string of the molecule is CC#CCCC(NCCC)c1cnccn1. The van der Waals surface area contributed by atoms with Crippen molar-refractivity contribution in [1.82, 2.24) is 15.3 Å². The molecule has 0 saturated carbocycles. The molecule has 1 unspecified atom stereocenters. The van der Waals surface area contributed by atoms with Gasteiger partial charge in [-0.2, -0.15) is 0 Å². The Kier molecular flexibility index (Phi) is 6.20. The maximum absolute atomic E-state index is 4.34. The van der Waals surface area contributed by atoms with Gasteiger partial charge in [-0.15, -0.1) is 11.8 Å². The average Bonchev–Trinajstić information content (AvgIpc) is 2.35. The van der Waals surface area contributed by atoms with Crippen molar-refractivity contribution in [3.05, 3.63) is 24.3 Å². The van der Waals surface area contributed by atoms with Crippen LogP contribution < -0.4 is 5.32 Å². The minimum absolute atomic E-state index is 0.273. The van der Waals surface area contributed by atoms with Gasteiger partial charge in [0.15, 0.2) is 0 Å². The highest BCUT2D eigenvalue weighted by Crippen LogP contribution is 2.14. The third-order valence-electron chi connectivity index (χ3n) is 2.32. The maximum Gasteiger partial charge on any atom is 0.0756 e. The molecule has 1 aromatic heterocycles. The summed E-state index contributed by atoms with van der Waals surface area (Å²) in [6.45, 7) is 5.03. The van der Waals surface area contributed by atoms with Crippen LogP contribution in [-0.4, -0.2) is 16.5 Å². The zero-order chi connectivity index (χ0) is 11.6. The minimum atomic E-state index is 0.273. The Morgan fingerprint density at radius 1 is 1.44 bits per heavy atom. The highest BCUT2D eigenvalue weighted by Gasteiger charge is 2.10. The summed E-state index contributed by atoms with van der Waals surface area (Å²) < 4.78 is 0. The highest BCUT2D eigenvalue weighted by molar-refractivity contribution is 5.04. The summed E-state index contributed by atoms with van der Waals surface area (Å²) in [4.78, 5) is 8.44. The van der Waals surface area contributed by atoms with Crippen molar-refractivity contribution < 1.29 is 0 Å². The Morgan fingerprint density at radius 3 is 2.94 bits per heavy atom. The molecule has 1 N–H and O–H groups in total. The van der Waals surface area contributed by atoms with Crippen LogP contribution in [-0.2, 0) is 0 Å². The summed E-state index contributed by atoms with van der Waals surface area (Å²) in [6.07, 6.45) is 8.27. The molecule has 0 aliphatic heterocycles. The van der Waals surface area contributed by atoms with Gasteiger partial charge in [-0.1, -0.05) is 6.92 Å². The minimum Gasteiger partial charge on any atom is -0.309 e. The molecular formula is C13H19N3.